The molecular weight excluding hydrogens is 622 g/mol. The van der Waals surface area contributed by atoms with Gasteiger partial charge in [-0.15, -0.1) is 0 Å². The highest BCUT2D eigenvalue weighted by atomic mass is 35.5. The molecule has 1 aliphatic rings. The number of hydrogen-bond donors (Lipinski definition) is 1. The molecule has 2 N–H and O–H groups in total. The van der Waals surface area contributed by atoms with E-state index in [0.29, 0.717) is 36.7 Å². The van der Waals surface area contributed by atoms with Gasteiger partial charge in [0, 0.05) is 53.8 Å². The van der Waals surface area contributed by atoms with Gasteiger partial charge in [0.05, 0.1) is 22.8 Å². The molecule has 2 aromatic heterocycles. The van der Waals surface area contributed by atoms with E-state index in [0.717, 1.165) is 88.0 Å². The quantitative estimate of drug-likeness (QED) is 0.120. The Balaban J connectivity index is 1.45. The van der Waals surface area contributed by atoms with Crippen molar-refractivity contribution in [2.24, 2.45) is 12.8 Å². The largest absolute Gasteiger partial charge is 0.493 e. The van der Waals surface area contributed by atoms with Crippen molar-refractivity contribution in [3.8, 4) is 16.9 Å². The van der Waals surface area contributed by atoms with Crippen molar-refractivity contribution in [1.29, 1.82) is 0 Å². The highest BCUT2D eigenvalue weighted by molar-refractivity contribution is 6.35. The summed E-state index contributed by atoms with van der Waals surface area (Å²) in [5.41, 5.74) is 11.9. The predicted molar refractivity (Wildman–Crippen MR) is 195 cm³/mol. The van der Waals surface area contributed by atoms with Crippen molar-refractivity contribution in [2.75, 3.05) is 26.2 Å². The van der Waals surface area contributed by atoms with Gasteiger partial charge >= 0.3 is 5.97 Å². The number of esters is 1. The number of carbonyl (C=O) groups excluding carboxylic acids is 1. The zero-order valence-corrected chi connectivity index (χ0v) is 29.9. The Bertz CT molecular complexity index is 1940. The van der Waals surface area contributed by atoms with Crippen molar-refractivity contribution in [3.63, 3.8) is 0 Å². The molecule has 3 heterocycles. The molecule has 6 rings (SSSR count). The Kier molecular flexibility index (Phi) is 9.88. The number of aryl methyl sites for hydroxylation is 3. The minimum absolute atomic E-state index is 0.246. The maximum Gasteiger partial charge on any atom is 0.355 e. The van der Waals surface area contributed by atoms with Crippen LogP contribution in [0.25, 0.3) is 32.8 Å². The summed E-state index contributed by atoms with van der Waals surface area (Å²) in [7, 11) is 1.95. The van der Waals surface area contributed by atoms with E-state index in [1.165, 1.54) is 0 Å². The zero-order chi connectivity index (χ0) is 34.2. The van der Waals surface area contributed by atoms with E-state index in [1.54, 1.807) is 0 Å². The molecule has 0 bridgehead atoms. The standard InChI is InChI=1S/C39H48ClN5O3/c1-25-34(26(2)43(6)42-25)35-32(40)17-16-31-30(14-10-24-47-33-15-9-12-27-11-7-8-13-29(27)33)37(38(46)48-39(3,4)5)45(36(31)35)23-22-44-20-18-28(41)19-21-44/h7-9,11-13,15-17,28H,10,14,18-24,41H2,1-6H3. The number of nitrogens with zero attached hydrogens (tertiary/aromatic N) is 4. The number of fused-ring (bicyclic) bond motifs is 2. The second-order valence-electron chi connectivity index (χ2n) is 14.1. The normalized spacial score (nSPS) is 14.7. The maximum atomic E-state index is 14.3. The number of likely N-dealkylation sites (tertiary alicyclic amines) is 1. The molecule has 5 aromatic rings. The summed E-state index contributed by atoms with van der Waals surface area (Å²) in [4.78, 5) is 16.7. The van der Waals surface area contributed by atoms with Gasteiger partial charge in [0.1, 0.15) is 17.0 Å². The third-order valence-corrected chi connectivity index (χ3v) is 9.79. The summed E-state index contributed by atoms with van der Waals surface area (Å²) < 4.78 is 16.5. The predicted octanol–water partition coefficient (Wildman–Crippen LogP) is 7.86. The number of piperidine rings is 1. The summed E-state index contributed by atoms with van der Waals surface area (Å²) in [5.74, 6) is 0.534. The minimum Gasteiger partial charge on any atom is -0.493 e. The molecule has 254 valence electrons. The Labute approximate surface area is 288 Å². The zero-order valence-electron chi connectivity index (χ0n) is 29.1. The van der Waals surface area contributed by atoms with E-state index in [9.17, 15) is 4.79 Å². The van der Waals surface area contributed by atoms with Crippen LogP contribution < -0.4 is 10.5 Å². The minimum atomic E-state index is -0.660. The Morgan fingerprint density at radius 3 is 2.42 bits per heavy atom. The van der Waals surface area contributed by atoms with Crippen LogP contribution in [0.1, 0.15) is 67.5 Å². The van der Waals surface area contributed by atoms with Crippen molar-refractivity contribution < 1.29 is 14.3 Å². The monoisotopic (exact) mass is 669 g/mol. The van der Waals surface area contributed by atoms with Gasteiger partial charge < -0.3 is 24.7 Å². The lowest BCUT2D eigenvalue weighted by Crippen LogP contribution is -2.41. The first-order chi connectivity index (χ1) is 22.9. The Morgan fingerprint density at radius 2 is 1.71 bits per heavy atom. The lowest BCUT2D eigenvalue weighted by atomic mass is 9.98. The molecule has 0 amide bonds. The van der Waals surface area contributed by atoms with E-state index >= 15 is 0 Å². The number of hydrogen-bond acceptors (Lipinski definition) is 6. The Morgan fingerprint density at radius 1 is 0.979 bits per heavy atom. The average Bonchev–Trinajstić information content (AvgIpc) is 3.49. The third-order valence-electron chi connectivity index (χ3n) is 9.48. The van der Waals surface area contributed by atoms with Crippen LogP contribution in [0.2, 0.25) is 5.02 Å². The van der Waals surface area contributed by atoms with Crippen LogP contribution >= 0.6 is 11.6 Å². The highest BCUT2D eigenvalue weighted by Gasteiger charge is 2.31. The molecule has 48 heavy (non-hydrogen) atoms. The van der Waals surface area contributed by atoms with Crippen molar-refractivity contribution in [3.05, 3.63) is 82.3 Å². The fourth-order valence-electron chi connectivity index (χ4n) is 7.07. The number of carbonyl (C=O) groups is 1. The summed E-state index contributed by atoms with van der Waals surface area (Å²) in [6.07, 6.45) is 3.29. The van der Waals surface area contributed by atoms with Crippen LogP contribution in [-0.4, -0.2) is 63.1 Å². The van der Waals surface area contributed by atoms with E-state index in [1.807, 2.05) is 69.8 Å². The number of nitrogens with two attached hydrogens (primary N) is 1. The van der Waals surface area contributed by atoms with Gasteiger partial charge in [-0.1, -0.05) is 54.1 Å². The first kappa shape index (κ1) is 34.0. The maximum absolute atomic E-state index is 14.3. The number of rotatable bonds is 10. The van der Waals surface area contributed by atoms with Gasteiger partial charge in [-0.3, -0.25) is 4.68 Å². The lowest BCUT2D eigenvalue weighted by Gasteiger charge is -2.30. The number of benzene rings is 3. The summed E-state index contributed by atoms with van der Waals surface area (Å²) in [6, 6.07) is 18.6. The molecule has 9 heteroatoms. The molecule has 3 aromatic carbocycles. The van der Waals surface area contributed by atoms with E-state index in [-0.39, 0.29) is 12.0 Å². The molecule has 0 unspecified atom stereocenters. The van der Waals surface area contributed by atoms with Crippen LogP contribution in [-0.2, 0) is 24.8 Å². The average molecular weight is 670 g/mol. The molecule has 0 radical (unpaired) electrons. The first-order valence-electron chi connectivity index (χ1n) is 17.1. The first-order valence-corrected chi connectivity index (χ1v) is 17.5. The molecule has 0 spiro atoms. The number of ether oxygens (including phenoxy) is 2. The van der Waals surface area contributed by atoms with Crippen LogP contribution in [0, 0.1) is 13.8 Å². The van der Waals surface area contributed by atoms with Crippen molar-refractivity contribution in [1.82, 2.24) is 19.2 Å². The second-order valence-corrected chi connectivity index (χ2v) is 14.5. The fraction of sp³-hybridized carbons (Fsp3) is 0.436. The Hall–Kier alpha value is -3.85. The van der Waals surface area contributed by atoms with Crippen molar-refractivity contribution in [2.45, 2.75) is 78.5 Å². The molecule has 1 saturated heterocycles. The molecule has 1 aliphatic heterocycles. The second kappa shape index (κ2) is 13.9. The van der Waals surface area contributed by atoms with Gasteiger partial charge in [0.2, 0.25) is 0 Å². The number of halogens is 1. The lowest BCUT2D eigenvalue weighted by molar-refractivity contribution is 0.00561. The SMILES string of the molecule is Cc1nn(C)c(C)c1-c1c(Cl)ccc2c(CCCOc3cccc4ccccc34)c(C(=O)OC(C)(C)C)n(CCN3CCC(N)CC3)c12. The fourth-order valence-corrected chi connectivity index (χ4v) is 7.32. The third kappa shape index (κ3) is 6.98. The van der Waals surface area contributed by atoms with Crippen LogP contribution in [0.15, 0.2) is 54.6 Å². The van der Waals surface area contributed by atoms with E-state index < -0.39 is 5.60 Å². The molecule has 8 nitrogen and oxygen atoms in total. The molecular formula is C39H48ClN5O3. The summed E-state index contributed by atoms with van der Waals surface area (Å²) in [5, 5.41) is 8.60. The smallest absolute Gasteiger partial charge is 0.355 e. The van der Waals surface area contributed by atoms with Crippen molar-refractivity contribution >= 4 is 39.2 Å². The van der Waals surface area contributed by atoms with E-state index in [4.69, 9.17) is 31.9 Å². The van der Waals surface area contributed by atoms with Gasteiger partial charge in [-0.2, -0.15) is 5.10 Å². The van der Waals surface area contributed by atoms with Gasteiger partial charge in [0.25, 0.3) is 0 Å². The molecule has 0 atom stereocenters. The van der Waals surface area contributed by atoms with Gasteiger partial charge in [-0.05, 0) is 96.5 Å². The van der Waals surface area contributed by atoms with Gasteiger partial charge in [0.15, 0.2) is 0 Å². The molecule has 1 fully saturated rings. The molecule has 0 aliphatic carbocycles. The number of aromatic nitrogens is 3. The van der Waals surface area contributed by atoms with Gasteiger partial charge in [-0.25, -0.2) is 4.79 Å². The van der Waals surface area contributed by atoms with Crippen LogP contribution in [0.5, 0.6) is 5.75 Å². The van der Waals surface area contributed by atoms with E-state index in [2.05, 4.69) is 40.7 Å². The summed E-state index contributed by atoms with van der Waals surface area (Å²) in [6.45, 7) is 13.6. The van der Waals surface area contributed by atoms with Crippen LogP contribution in [0.4, 0.5) is 0 Å². The highest BCUT2D eigenvalue weighted by Crippen LogP contribution is 2.42. The summed E-state index contributed by atoms with van der Waals surface area (Å²) >= 11 is 7.11. The van der Waals surface area contributed by atoms with Crippen LogP contribution in [0.3, 0.4) is 0 Å². The topological polar surface area (TPSA) is 87.5 Å². The molecule has 0 saturated carbocycles.